The van der Waals surface area contributed by atoms with Crippen molar-refractivity contribution in [1.82, 2.24) is 0 Å². The van der Waals surface area contributed by atoms with Gasteiger partial charge in [-0.2, -0.15) is 0 Å². The summed E-state index contributed by atoms with van der Waals surface area (Å²) in [4.78, 5) is 10.4. The fourth-order valence-corrected chi connectivity index (χ4v) is 1.31. The molecule has 0 unspecified atom stereocenters. The number of halogens is 2. The lowest BCUT2D eigenvalue weighted by Gasteiger charge is -2.25. The number of carboxylic acid groups (broad SMARTS) is 1. The van der Waals surface area contributed by atoms with Crippen LogP contribution in [0.4, 0.5) is 8.78 Å². The van der Waals surface area contributed by atoms with Gasteiger partial charge in [0.25, 0.3) is 0 Å². The van der Waals surface area contributed by atoms with Crippen LogP contribution in [0.5, 0.6) is 0 Å². The van der Waals surface area contributed by atoms with E-state index < -0.39 is 24.0 Å². The summed E-state index contributed by atoms with van der Waals surface area (Å²) in [5, 5.41) is 17.9. The summed E-state index contributed by atoms with van der Waals surface area (Å²) in [6.07, 6.45) is -2.24. The molecule has 4 N–H and O–H groups in total. The van der Waals surface area contributed by atoms with E-state index in [0.29, 0.717) is 0 Å². The van der Waals surface area contributed by atoms with E-state index >= 15 is 0 Å². The Labute approximate surface area is 96.7 Å². The van der Waals surface area contributed by atoms with Crippen molar-refractivity contribution >= 4 is 5.97 Å². The molecule has 17 heavy (non-hydrogen) atoms. The second-order valence-electron chi connectivity index (χ2n) is 3.80. The zero-order valence-corrected chi connectivity index (χ0v) is 9.10. The van der Waals surface area contributed by atoms with Crippen LogP contribution in [0.2, 0.25) is 0 Å². The molecule has 0 heterocycles. The topological polar surface area (TPSA) is 83.5 Å². The van der Waals surface area contributed by atoms with E-state index in [4.69, 9.17) is 10.8 Å². The summed E-state index contributed by atoms with van der Waals surface area (Å²) >= 11 is 0. The minimum atomic E-state index is -3.93. The number of aliphatic hydroxyl groups is 1. The standard InChI is InChI=1S/C11H13F2NO3/c1-6-2-4-7(5-3-6)9(15)11(12,13)8(14)10(16)17/h2-5,8-9,15H,14H2,1H3,(H,16,17)/t8-,9-/m1/s1. The third kappa shape index (κ3) is 2.78. The average Bonchev–Trinajstić information content (AvgIpc) is 2.27. The molecule has 1 rings (SSSR count). The molecule has 0 aliphatic heterocycles. The molecule has 6 heteroatoms. The Morgan fingerprint density at radius 1 is 1.35 bits per heavy atom. The van der Waals surface area contributed by atoms with Crippen molar-refractivity contribution in [1.29, 1.82) is 0 Å². The molecular formula is C11H13F2NO3. The number of hydrogen-bond acceptors (Lipinski definition) is 3. The lowest BCUT2D eigenvalue weighted by Crippen LogP contribution is -2.50. The van der Waals surface area contributed by atoms with E-state index in [-0.39, 0.29) is 5.56 Å². The van der Waals surface area contributed by atoms with Crippen LogP contribution in [0.3, 0.4) is 0 Å². The molecule has 0 radical (unpaired) electrons. The highest BCUT2D eigenvalue weighted by Gasteiger charge is 2.49. The van der Waals surface area contributed by atoms with Crippen molar-refractivity contribution in [3.05, 3.63) is 35.4 Å². The quantitative estimate of drug-likeness (QED) is 0.741. The largest absolute Gasteiger partial charge is 0.480 e. The average molecular weight is 245 g/mol. The van der Waals surface area contributed by atoms with Gasteiger partial charge in [0, 0.05) is 0 Å². The number of hydrogen-bond donors (Lipinski definition) is 3. The monoisotopic (exact) mass is 245 g/mol. The van der Waals surface area contributed by atoms with Crippen LogP contribution in [-0.4, -0.2) is 28.1 Å². The first kappa shape index (κ1) is 13.5. The van der Waals surface area contributed by atoms with Gasteiger partial charge in [0.15, 0.2) is 6.04 Å². The maximum absolute atomic E-state index is 13.5. The fourth-order valence-electron chi connectivity index (χ4n) is 1.31. The molecule has 1 aromatic rings. The van der Waals surface area contributed by atoms with Gasteiger partial charge < -0.3 is 15.9 Å². The van der Waals surface area contributed by atoms with Gasteiger partial charge in [0.1, 0.15) is 6.10 Å². The molecule has 4 nitrogen and oxygen atoms in total. The van der Waals surface area contributed by atoms with Crippen LogP contribution in [0.15, 0.2) is 24.3 Å². The van der Waals surface area contributed by atoms with E-state index in [2.05, 4.69) is 0 Å². The summed E-state index contributed by atoms with van der Waals surface area (Å²) in [5.74, 6) is -5.79. The second kappa shape index (κ2) is 4.77. The summed E-state index contributed by atoms with van der Waals surface area (Å²) in [6, 6.07) is 3.26. The Balaban J connectivity index is 2.99. The van der Waals surface area contributed by atoms with Crippen LogP contribution in [0.25, 0.3) is 0 Å². The number of benzene rings is 1. The predicted molar refractivity (Wildman–Crippen MR) is 56.7 cm³/mol. The first-order valence-corrected chi connectivity index (χ1v) is 4.87. The molecule has 2 atom stereocenters. The number of carbonyl (C=O) groups is 1. The van der Waals surface area contributed by atoms with E-state index in [9.17, 15) is 18.7 Å². The molecule has 0 bridgehead atoms. The van der Waals surface area contributed by atoms with Crippen LogP contribution in [-0.2, 0) is 4.79 Å². The molecule has 0 aliphatic carbocycles. The van der Waals surface area contributed by atoms with Crippen LogP contribution in [0.1, 0.15) is 17.2 Å². The minimum Gasteiger partial charge on any atom is -0.480 e. The minimum absolute atomic E-state index is 0.0719. The van der Waals surface area contributed by atoms with Crippen molar-refractivity contribution in [2.45, 2.75) is 25.0 Å². The first-order chi connectivity index (χ1) is 7.76. The van der Waals surface area contributed by atoms with Crippen molar-refractivity contribution in [2.75, 3.05) is 0 Å². The predicted octanol–water partition coefficient (Wildman–Crippen LogP) is 1.08. The highest BCUT2D eigenvalue weighted by atomic mass is 19.3. The van der Waals surface area contributed by atoms with Crippen LogP contribution >= 0.6 is 0 Å². The van der Waals surface area contributed by atoms with Crippen molar-refractivity contribution in [2.24, 2.45) is 5.73 Å². The Bertz CT molecular complexity index is 406. The van der Waals surface area contributed by atoms with E-state index in [1.54, 1.807) is 19.1 Å². The van der Waals surface area contributed by atoms with Gasteiger partial charge in [0.05, 0.1) is 0 Å². The zero-order chi connectivity index (χ0) is 13.2. The molecule has 0 aliphatic rings. The number of nitrogens with two attached hydrogens (primary N) is 1. The molecule has 0 saturated carbocycles. The number of aliphatic hydroxyl groups excluding tert-OH is 1. The van der Waals surface area contributed by atoms with Gasteiger partial charge in [-0.15, -0.1) is 0 Å². The second-order valence-corrected chi connectivity index (χ2v) is 3.80. The maximum Gasteiger partial charge on any atom is 0.326 e. The van der Waals surface area contributed by atoms with Crippen LogP contribution < -0.4 is 5.73 Å². The maximum atomic E-state index is 13.5. The summed E-state index contributed by atoms with van der Waals surface area (Å²) < 4.78 is 27.0. The van der Waals surface area contributed by atoms with Gasteiger partial charge in [-0.05, 0) is 12.5 Å². The molecule has 1 aromatic carbocycles. The zero-order valence-electron chi connectivity index (χ0n) is 9.10. The van der Waals surface area contributed by atoms with E-state index in [1.165, 1.54) is 12.1 Å². The van der Waals surface area contributed by atoms with Gasteiger partial charge in [0.2, 0.25) is 0 Å². The van der Waals surface area contributed by atoms with Gasteiger partial charge in [-0.3, -0.25) is 4.79 Å². The highest BCUT2D eigenvalue weighted by Crippen LogP contribution is 2.33. The van der Waals surface area contributed by atoms with Gasteiger partial charge in [-0.25, -0.2) is 8.78 Å². The van der Waals surface area contributed by atoms with Gasteiger partial charge in [-0.1, -0.05) is 29.8 Å². The molecule has 0 saturated heterocycles. The number of aliphatic carboxylic acids is 1. The molecule has 0 aromatic heterocycles. The number of aryl methyl sites for hydroxylation is 1. The number of carboxylic acids is 1. The van der Waals surface area contributed by atoms with Crippen LogP contribution in [0, 0.1) is 6.92 Å². The normalized spacial score (nSPS) is 15.4. The van der Waals surface area contributed by atoms with Crippen molar-refractivity contribution in [3.63, 3.8) is 0 Å². The highest BCUT2D eigenvalue weighted by molar-refractivity contribution is 5.74. The third-order valence-corrected chi connectivity index (χ3v) is 2.44. The Morgan fingerprint density at radius 2 is 1.82 bits per heavy atom. The molecule has 0 fully saturated rings. The smallest absolute Gasteiger partial charge is 0.326 e. The van der Waals surface area contributed by atoms with E-state index in [1.807, 2.05) is 0 Å². The molecule has 0 amide bonds. The molecule has 0 spiro atoms. The SMILES string of the molecule is Cc1ccc([C@@H](O)C(F)(F)[C@H](N)C(=O)O)cc1. The van der Waals surface area contributed by atoms with Crippen molar-refractivity contribution in [3.8, 4) is 0 Å². The van der Waals surface area contributed by atoms with Crippen molar-refractivity contribution < 1.29 is 23.8 Å². The van der Waals surface area contributed by atoms with E-state index in [0.717, 1.165) is 5.56 Å². The Morgan fingerprint density at radius 3 is 2.24 bits per heavy atom. The number of alkyl halides is 2. The summed E-state index contributed by atoms with van der Waals surface area (Å²) in [6.45, 7) is 1.76. The third-order valence-electron chi connectivity index (χ3n) is 2.44. The molecule has 94 valence electrons. The Hall–Kier alpha value is -1.53. The molecular weight excluding hydrogens is 232 g/mol. The summed E-state index contributed by atoms with van der Waals surface area (Å²) in [5.41, 5.74) is 5.62. The lowest BCUT2D eigenvalue weighted by atomic mass is 9.97. The number of rotatable bonds is 4. The lowest BCUT2D eigenvalue weighted by molar-refractivity contribution is -0.164. The Kier molecular flexibility index (Phi) is 3.79. The van der Waals surface area contributed by atoms with Gasteiger partial charge >= 0.3 is 11.9 Å². The first-order valence-electron chi connectivity index (χ1n) is 4.87. The summed E-state index contributed by atoms with van der Waals surface area (Å²) in [7, 11) is 0. The fraction of sp³-hybridized carbons (Fsp3) is 0.364.